The Morgan fingerprint density at radius 2 is 2.19 bits per heavy atom. The molecule has 90 valence electrons. The first kappa shape index (κ1) is 13.9. The lowest BCUT2D eigenvalue weighted by Crippen LogP contribution is -2.23. The van der Waals surface area contributed by atoms with Gasteiger partial charge in [-0.1, -0.05) is 28.1 Å². The van der Waals surface area contributed by atoms with Crippen LogP contribution in [0.5, 0.6) is 0 Å². The van der Waals surface area contributed by atoms with Crippen molar-refractivity contribution >= 4 is 26.7 Å². The normalized spacial score (nSPS) is 14.8. The number of benzene rings is 1. The summed E-state index contributed by atoms with van der Waals surface area (Å²) < 4.78 is 12.1. The molecule has 1 aromatic rings. The minimum atomic E-state index is -0.716. The van der Waals surface area contributed by atoms with Crippen molar-refractivity contribution in [2.24, 2.45) is 0 Å². The van der Waals surface area contributed by atoms with Gasteiger partial charge >= 0.3 is 0 Å². The first-order valence-electron chi connectivity index (χ1n) is 5.30. The molecule has 4 heteroatoms. The Morgan fingerprint density at radius 3 is 2.75 bits per heavy atom. The molecule has 1 rings (SSSR count). The smallest absolute Gasteiger partial charge is 0.0357 e. The first-order valence-corrected chi connectivity index (χ1v) is 7.82. The monoisotopic (exact) mass is 303 g/mol. The van der Waals surface area contributed by atoms with Gasteiger partial charge < -0.3 is 5.32 Å². The number of nitrogens with one attached hydrogen (secondary N) is 1. The maximum absolute atomic E-state index is 10.9. The van der Waals surface area contributed by atoms with Crippen LogP contribution in [-0.2, 0) is 10.8 Å². The van der Waals surface area contributed by atoms with Gasteiger partial charge in [0.05, 0.1) is 0 Å². The summed E-state index contributed by atoms with van der Waals surface area (Å²) in [7, 11) is -0.716. The molecule has 0 aliphatic carbocycles. The average molecular weight is 304 g/mol. The van der Waals surface area contributed by atoms with Crippen LogP contribution in [0.3, 0.4) is 0 Å². The second kappa shape index (κ2) is 6.52. The van der Waals surface area contributed by atoms with Crippen LogP contribution >= 0.6 is 15.9 Å². The minimum absolute atomic E-state index is 0.301. The van der Waals surface area contributed by atoms with Crippen molar-refractivity contribution in [3.63, 3.8) is 0 Å². The second-order valence-electron chi connectivity index (χ2n) is 3.96. The van der Waals surface area contributed by atoms with E-state index in [1.165, 1.54) is 11.1 Å². The topological polar surface area (TPSA) is 29.1 Å². The molecule has 2 atom stereocenters. The Hall–Kier alpha value is -0.190. The highest BCUT2D eigenvalue weighted by atomic mass is 79.9. The lowest BCUT2D eigenvalue weighted by atomic mass is 10.1. The van der Waals surface area contributed by atoms with Crippen molar-refractivity contribution in [1.82, 2.24) is 5.32 Å². The van der Waals surface area contributed by atoms with E-state index >= 15 is 0 Å². The molecule has 0 aliphatic rings. The molecule has 0 amide bonds. The summed E-state index contributed by atoms with van der Waals surface area (Å²) in [5, 5.41) is 3.37. The highest BCUT2D eigenvalue weighted by molar-refractivity contribution is 9.10. The Kier molecular flexibility index (Phi) is 5.66. The van der Waals surface area contributed by atoms with Crippen molar-refractivity contribution in [2.75, 3.05) is 18.6 Å². The molecule has 0 fully saturated rings. The lowest BCUT2D eigenvalue weighted by Gasteiger charge is -2.14. The van der Waals surface area contributed by atoms with E-state index in [1.807, 2.05) is 0 Å². The highest BCUT2D eigenvalue weighted by Gasteiger charge is 2.06. The summed E-state index contributed by atoms with van der Waals surface area (Å²) in [6.45, 7) is 5.00. The van der Waals surface area contributed by atoms with Gasteiger partial charge in [-0.15, -0.1) is 0 Å². The van der Waals surface area contributed by atoms with Gasteiger partial charge in [-0.3, -0.25) is 4.21 Å². The lowest BCUT2D eigenvalue weighted by molar-refractivity contribution is 0.596. The molecule has 0 bridgehead atoms. The zero-order valence-electron chi connectivity index (χ0n) is 9.92. The Balaban J connectivity index is 2.55. The van der Waals surface area contributed by atoms with Crippen LogP contribution in [0.4, 0.5) is 0 Å². The molecule has 0 saturated carbocycles. The van der Waals surface area contributed by atoms with Crippen LogP contribution in [-0.4, -0.2) is 22.8 Å². The second-order valence-corrected chi connectivity index (χ2v) is 6.37. The fourth-order valence-corrected chi connectivity index (χ4v) is 2.13. The molecule has 1 N–H and O–H groups in total. The highest BCUT2D eigenvalue weighted by Crippen LogP contribution is 2.20. The van der Waals surface area contributed by atoms with Crippen molar-refractivity contribution in [1.29, 1.82) is 0 Å². The summed E-state index contributed by atoms with van der Waals surface area (Å²) >= 11 is 3.49. The van der Waals surface area contributed by atoms with E-state index in [0.29, 0.717) is 11.8 Å². The van der Waals surface area contributed by atoms with Crippen LogP contribution < -0.4 is 5.32 Å². The fourth-order valence-electron chi connectivity index (χ4n) is 1.47. The minimum Gasteiger partial charge on any atom is -0.309 e. The van der Waals surface area contributed by atoms with E-state index < -0.39 is 10.8 Å². The maximum Gasteiger partial charge on any atom is 0.0357 e. The van der Waals surface area contributed by atoms with Gasteiger partial charge in [-0.05, 0) is 31.0 Å². The molecular formula is C12H18BrNOS. The van der Waals surface area contributed by atoms with Crippen molar-refractivity contribution in [3.8, 4) is 0 Å². The van der Waals surface area contributed by atoms with Crippen LogP contribution in [0.15, 0.2) is 22.7 Å². The van der Waals surface area contributed by atoms with E-state index in [0.717, 1.165) is 11.0 Å². The molecule has 0 aliphatic heterocycles. The van der Waals surface area contributed by atoms with Crippen LogP contribution in [0.25, 0.3) is 0 Å². The van der Waals surface area contributed by atoms with Crippen molar-refractivity contribution < 1.29 is 4.21 Å². The van der Waals surface area contributed by atoms with E-state index in [9.17, 15) is 4.21 Å². The van der Waals surface area contributed by atoms with Gasteiger partial charge in [-0.25, -0.2) is 0 Å². The fraction of sp³-hybridized carbons (Fsp3) is 0.500. The molecule has 0 aromatic heterocycles. The third kappa shape index (κ3) is 4.36. The summed E-state index contributed by atoms with van der Waals surface area (Å²) in [5.74, 6) is 0.708. The zero-order chi connectivity index (χ0) is 12.1. The van der Waals surface area contributed by atoms with Gasteiger partial charge in [-0.2, -0.15) is 0 Å². The third-order valence-electron chi connectivity index (χ3n) is 2.52. The molecule has 0 radical (unpaired) electrons. The van der Waals surface area contributed by atoms with E-state index in [1.54, 1.807) is 6.26 Å². The largest absolute Gasteiger partial charge is 0.309 e. The van der Waals surface area contributed by atoms with Gasteiger partial charge in [0.15, 0.2) is 0 Å². The average Bonchev–Trinajstić information content (AvgIpc) is 2.21. The van der Waals surface area contributed by atoms with E-state index in [4.69, 9.17) is 0 Å². The van der Waals surface area contributed by atoms with Gasteiger partial charge in [0.2, 0.25) is 0 Å². The molecule has 0 saturated heterocycles. The first-order chi connectivity index (χ1) is 7.50. The Morgan fingerprint density at radius 1 is 1.50 bits per heavy atom. The SMILES string of the molecule is Cc1cc(C(C)NCCS(C)=O)ccc1Br. The predicted molar refractivity (Wildman–Crippen MR) is 74.2 cm³/mol. The van der Waals surface area contributed by atoms with Gasteiger partial charge in [0.1, 0.15) is 0 Å². The van der Waals surface area contributed by atoms with E-state index in [-0.39, 0.29) is 0 Å². The quantitative estimate of drug-likeness (QED) is 0.906. The summed E-state index contributed by atoms with van der Waals surface area (Å²) in [6.07, 6.45) is 1.73. The van der Waals surface area contributed by atoms with Crippen LogP contribution in [0, 0.1) is 6.92 Å². The maximum atomic E-state index is 10.9. The molecule has 2 unspecified atom stereocenters. The number of hydrogen-bond donors (Lipinski definition) is 1. The summed E-state index contributed by atoms with van der Waals surface area (Å²) in [6, 6.07) is 6.65. The Labute approximate surface area is 108 Å². The van der Waals surface area contributed by atoms with Crippen molar-refractivity contribution in [2.45, 2.75) is 19.9 Å². The molecule has 2 nitrogen and oxygen atoms in total. The number of aryl methyl sites for hydroxylation is 1. The van der Waals surface area contributed by atoms with Gasteiger partial charge in [0.25, 0.3) is 0 Å². The molecular weight excluding hydrogens is 286 g/mol. The number of rotatable bonds is 5. The van der Waals surface area contributed by atoms with Crippen LogP contribution in [0.2, 0.25) is 0 Å². The molecule has 0 spiro atoms. The van der Waals surface area contributed by atoms with Gasteiger partial charge in [0, 0.05) is 39.9 Å². The molecule has 0 heterocycles. The zero-order valence-corrected chi connectivity index (χ0v) is 12.3. The predicted octanol–water partition coefficient (Wildman–Crippen LogP) is 2.79. The summed E-state index contributed by atoms with van der Waals surface area (Å²) in [5.41, 5.74) is 2.51. The molecule has 16 heavy (non-hydrogen) atoms. The number of hydrogen-bond acceptors (Lipinski definition) is 2. The van der Waals surface area contributed by atoms with E-state index in [2.05, 4.69) is 53.3 Å². The van der Waals surface area contributed by atoms with Crippen LogP contribution in [0.1, 0.15) is 24.1 Å². The Bertz CT molecular complexity index is 381. The standard InChI is InChI=1S/C12H18BrNOS/c1-9-8-11(4-5-12(9)13)10(2)14-6-7-16(3)15/h4-5,8,10,14H,6-7H2,1-3H3. The van der Waals surface area contributed by atoms with Crippen molar-refractivity contribution in [3.05, 3.63) is 33.8 Å². The number of halogens is 1. The summed E-state index contributed by atoms with van der Waals surface area (Å²) in [4.78, 5) is 0. The third-order valence-corrected chi connectivity index (χ3v) is 4.19. The molecule has 1 aromatic carbocycles.